The van der Waals surface area contributed by atoms with Gasteiger partial charge in [-0.2, -0.15) is 10.1 Å². The first-order valence-electron chi connectivity index (χ1n) is 9.35. The average Bonchev–Trinajstić information content (AvgIpc) is 3.15. The molecular formula is C22H19FN4O. The van der Waals surface area contributed by atoms with Crippen LogP contribution in [0.5, 0.6) is 0 Å². The minimum Gasteiger partial charge on any atom is -0.328 e. The molecule has 2 aliphatic rings. The molecule has 0 spiro atoms. The molecule has 0 saturated heterocycles. The molecule has 1 aliphatic carbocycles. The maximum atomic E-state index is 13.5. The van der Waals surface area contributed by atoms with Gasteiger partial charge in [0, 0.05) is 17.7 Å². The Morgan fingerprint density at radius 2 is 1.89 bits per heavy atom. The third kappa shape index (κ3) is 2.64. The van der Waals surface area contributed by atoms with Crippen LogP contribution in [-0.4, -0.2) is 20.5 Å². The molecule has 0 amide bonds. The maximum Gasteiger partial charge on any atom is 0.226 e. The number of rotatable bonds is 2. The molecule has 0 fully saturated rings. The van der Waals surface area contributed by atoms with E-state index >= 15 is 0 Å². The number of benzene rings is 2. The summed E-state index contributed by atoms with van der Waals surface area (Å²) in [5, 5.41) is 7.63. The van der Waals surface area contributed by atoms with Crippen molar-refractivity contribution in [1.82, 2.24) is 14.8 Å². The number of Topliss-reactive ketones (excluding diaryl/α,β-unsaturated/α-hetero) is 1. The number of nitrogens with one attached hydrogen (secondary N) is 1. The van der Waals surface area contributed by atoms with Gasteiger partial charge in [-0.05, 0) is 48.1 Å². The minimum atomic E-state index is -0.389. The number of carbonyl (C=O) groups excluding carboxylic acids is 1. The van der Waals surface area contributed by atoms with E-state index < -0.39 is 0 Å². The highest BCUT2D eigenvalue weighted by atomic mass is 19.1. The van der Waals surface area contributed by atoms with Crippen molar-refractivity contribution in [2.75, 3.05) is 5.32 Å². The number of hydrogen-bond donors (Lipinski definition) is 1. The van der Waals surface area contributed by atoms with E-state index in [-0.39, 0.29) is 23.6 Å². The van der Waals surface area contributed by atoms with Crippen molar-refractivity contribution in [2.45, 2.75) is 31.7 Å². The number of nitrogens with zero attached hydrogens (tertiary/aromatic N) is 3. The van der Waals surface area contributed by atoms with Gasteiger partial charge in [0.1, 0.15) is 18.2 Å². The number of allylic oxidation sites excluding steroid dienone is 2. The van der Waals surface area contributed by atoms with E-state index in [2.05, 4.69) is 34.5 Å². The predicted molar refractivity (Wildman–Crippen MR) is 103 cm³/mol. The molecule has 5 rings (SSSR count). The first-order chi connectivity index (χ1) is 13.6. The fourth-order valence-corrected chi connectivity index (χ4v) is 4.37. The first kappa shape index (κ1) is 16.9. The fraction of sp³-hybridized carbons (Fsp3) is 0.227. The van der Waals surface area contributed by atoms with E-state index in [0.717, 1.165) is 17.7 Å². The summed E-state index contributed by atoms with van der Waals surface area (Å²) in [6.45, 7) is 2.08. The van der Waals surface area contributed by atoms with E-state index in [4.69, 9.17) is 0 Å². The molecule has 1 aromatic heterocycles. The molecule has 5 nitrogen and oxygen atoms in total. The van der Waals surface area contributed by atoms with Crippen molar-refractivity contribution in [1.29, 1.82) is 0 Å². The second kappa shape index (κ2) is 6.41. The van der Waals surface area contributed by atoms with Crippen LogP contribution in [0.25, 0.3) is 0 Å². The number of aromatic nitrogens is 3. The lowest BCUT2D eigenvalue weighted by Crippen LogP contribution is -2.33. The molecule has 2 aromatic carbocycles. The number of hydrogen-bond acceptors (Lipinski definition) is 4. The number of fused-ring (bicyclic) bond motifs is 1. The lowest BCUT2D eigenvalue weighted by molar-refractivity contribution is -0.116. The van der Waals surface area contributed by atoms with Crippen LogP contribution >= 0.6 is 0 Å². The number of aryl methyl sites for hydroxylation is 1. The van der Waals surface area contributed by atoms with Gasteiger partial charge in [-0.25, -0.2) is 9.07 Å². The molecule has 140 valence electrons. The predicted octanol–water partition coefficient (Wildman–Crippen LogP) is 4.14. The van der Waals surface area contributed by atoms with E-state index in [0.29, 0.717) is 17.9 Å². The number of ketones is 1. The summed E-state index contributed by atoms with van der Waals surface area (Å²) >= 11 is 0. The Morgan fingerprint density at radius 3 is 2.68 bits per heavy atom. The molecular weight excluding hydrogens is 355 g/mol. The fourth-order valence-electron chi connectivity index (χ4n) is 4.37. The quantitative estimate of drug-likeness (QED) is 0.732. The SMILES string of the molecule is Cc1ccccc1[C@H]1CC(=O)C2=C(C1)Nc1ncnn1[C@H]2c1ccc(F)cc1. The Labute approximate surface area is 161 Å². The molecule has 28 heavy (non-hydrogen) atoms. The van der Waals surface area contributed by atoms with Crippen molar-refractivity contribution in [3.63, 3.8) is 0 Å². The molecule has 0 bridgehead atoms. The lowest BCUT2D eigenvalue weighted by atomic mass is 9.77. The van der Waals surface area contributed by atoms with Crippen LogP contribution in [0.3, 0.4) is 0 Å². The molecule has 0 saturated carbocycles. The third-order valence-corrected chi connectivity index (χ3v) is 5.68. The van der Waals surface area contributed by atoms with Crippen LogP contribution in [0.2, 0.25) is 0 Å². The number of carbonyl (C=O) groups is 1. The normalized spacial score (nSPS) is 21.1. The van der Waals surface area contributed by atoms with Gasteiger partial charge in [0.25, 0.3) is 0 Å². The second-order valence-electron chi connectivity index (χ2n) is 7.38. The van der Waals surface area contributed by atoms with Crippen LogP contribution in [-0.2, 0) is 4.79 Å². The zero-order valence-corrected chi connectivity index (χ0v) is 15.4. The van der Waals surface area contributed by atoms with Crippen LogP contribution < -0.4 is 5.32 Å². The highest BCUT2D eigenvalue weighted by Crippen LogP contribution is 2.44. The Bertz CT molecular complexity index is 1100. The van der Waals surface area contributed by atoms with Gasteiger partial charge < -0.3 is 5.32 Å². The van der Waals surface area contributed by atoms with E-state index in [1.807, 2.05) is 12.1 Å². The van der Waals surface area contributed by atoms with Crippen molar-refractivity contribution < 1.29 is 9.18 Å². The second-order valence-corrected chi connectivity index (χ2v) is 7.38. The van der Waals surface area contributed by atoms with Gasteiger partial charge in [0.2, 0.25) is 5.95 Å². The smallest absolute Gasteiger partial charge is 0.226 e. The van der Waals surface area contributed by atoms with Crippen LogP contribution in [0, 0.1) is 12.7 Å². The summed E-state index contributed by atoms with van der Waals surface area (Å²) in [5.41, 5.74) is 4.81. The molecule has 3 aromatic rings. The van der Waals surface area contributed by atoms with E-state index in [9.17, 15) is 9.18 Å². The topological polar surface area (TPSA) is 59.8 Å². The lowest BCUT2D eigenvalue weighted by Gasteiger charge is -2.35. The van der Waals surface area contributed by atoms with E-state index in [1.54, 1.807) is 16.8 Å². The molecule has 0 unspecified atom stereocenters. The van der Waals surface area contributed by atoms with Crippen LogP contribution in [0.4, 0.5) is 10.3 Å². The first-order valence-corrected chi connectivity index (χ1v) is 9.35. The van der Waals surface area contributed by atoms with Crippen molar-refractivity contribution >= 4 is 11.7 Å². The Morgan fingerprint density at radius 1 is 1.11 bits per heavy atom. The molecule has 1 aliphatic heterocycles. The van der Waals surface area contributed by atoms with Gasteiger partial charge >= 0.3 is 0 Å². The largest absolute Gasteiger partial charge is 0.328 e. The summed E-state index contributed by atoms with van der Waals surface area (Å²) in [7, 11) is 0. The monoisotopic (exact) mass is 374 g/mol. The van der Waals surface area contributed by atoms with Gasteiger partial charge in [-0.15, -0.1) is 0 Å². The molecule has 2 atom stereocenters. The van der Waals surface area contributed by atoms with Gasteiger partial charge in [0.05, 0.1) is 0 Å². The zero-order chi connectivity index (χ0) is 19.3. The van der Waals surface area contributed by atoms with Crippen molar-refractivity contribution in [3.05, 3.63) is 88.6 Å². The molecule has 0 radical (unpaired) electrons. The number of anilines is 1. The molecule has 6 heteroatoms. The molecule has 2 heterocycles. The van der Waals surface area contributed by atoms with Crippen LogP contribution in [0.15, 0.2) is 66.1 Å². The highest BCUT2D eigenvalue weighted by molar-refractivity contribution is 6.00. The third-order valence-electron chi connectivity index (χ3n) is 5.68. The van der Waals surface area contributed by atoms with Gasteiger partial charge in [0.15, 0.2) is 5.78 Å². The Hall–Kier alpha value is -3.28. The Balaban J connectivity index is 1.61. The summed E-state index contributed by atoms with van der Waals surface area (Å²) in [6, 6.07) is 14.1. The van der Waals surface area contributed by atoms with Crippen molar-refractivity contribution in [3.8, 4) is 0 Å². The maximum absolute atomic E-state index is 13.5. The van der Waals surface area contributed by atoms with E-state index in [1.165, 1.54) is 29.6 Å². The van der Waals surface area contributed by atoms with Crippen LogP contribution in [0.1, 0.15) is 41.5 Å². The summed E-state index contributed by atoms with van der Waals surface area (Å²) in [4.78, 5) is 17.6. The van der Waals surface area contributed by atoms with Gasteiger partial charge in [-0.3, -0.25) is 4.79 Å². The summed E-state index contributed by atoms with van der Waals surface area (Å²) in [5.74, 6) is 0.521. The Kier molecular flexibility index (Phi) is 3.86. The average molecular weight is 374 g/mol. The zero-order valence-electron chi connectivity index (χ0n) is 15.4. The van der Waals surface area contributed by atoms with Gasteiger partial charge in [-0.1, -0.05) is 36.4 Å². The summed E-state index contributed by atoms with van der Waals surface area (Å²) < 4.78 is 15.2. The summed E-state index contributed by atoms with van der Waals surface area (Å²) in [6.07, 6.45) is 2.66. The molecule has 1 N–H and O–H groups in total. The standard InChI is InChI=1S/C22H19FN4O/c1-13-4-2-3-5-17(13)15-10-18-20(19(28)11-15)21(14-6-8-16(23)9-7-14)27-22(26-18)24-12-25-27/h2-9,12,15,21H,10-11H2,1H3,(H,24,25,26)/t15-,21+/m1/s1. The highest BCUT2D eigenvalue weighted by Gasteiger charge is 2.39. The van der Waals surface area contributed by atoms with Crippen molar-refractivity contribution in [2.24, 2.45) is 0 Å². The number of halogens is 1. The minimum absolute atomic E-state index is 0.0949.